The smallest absolute Gasteiger partial charge is 0.0787 e. The van der Waals surface area contributed by atoms with E-state index in [1.807, 2.05) is 44.2 Å². The van der Waals surface area contributed by atoms with Gasteiger partial charge in [0.05, 0.1) is 25.4 Å². The Hall–Kier alpha value is -0.550. The largest absolute Gasteiger partial charge is 0.391 e. The van der Waals surface area contributed by atoms with E-state index in [9.17, 15) is 5.11 Å². The molecule has 0 radical (unpaired) electrons. The fourth-order valence-electron chi connectivity index (χ4n) is 2.03. The van der Waals surface area contributed by atoms with E-state index < -0.39 is 6.10 Å². The summed E-state index contributed by atoms with van der Waals surface area (Å²) in [5, 5.41) is 10.1. The normalized spacial score (nSPS) is 18.2. The third-order valence-electron chi connectivity index (χ3n) is 3.25. The highest BCUT2D eigenvalue weighted by atomic mass is 32.2. The molecule has 1 aromatic carbocycles. The summed E-state index contributed by atoms with van der Waals surface area (Å²) in [4.78, 5) is 0. The van der Waals surface area contributed by atoms with Crippen LogP contribution in [0.25, 0.3) is 0 Å². The maximum absolute atomic E-state index is 10.1. The van der Waals surface area contributed by atoms with Gasteiger partial charge in [-0.05, 0) is 50.7 Å². The molecule has 0 amide bonds. The van der Waals surface area contributed by atoms with Crippen LogP contribution in [-0.2, 0) is 15.5 Å². The van der Waals surface area contributed by atoms with Crippen molar-refractivity contribution >= 4 is 12.0 Å². The van der Waals surface area contributed by atoms with Crippen LogP contribution in [0.5, 0.6) is 0 Å². The number of aliphatic hydroxyl groups excluding tert-OH is 1. The molecule has 0 aliphatic heterocycles. The zero-order chi connectivity index (χ0) is 14.4. The Bertz CT molecular complexity index is 390. The Morgan fingerprint density at radius 1 is 1.25 bits per heavy atom. The summed E-state index contributed by atoms with van der Waals surface area (Å²) in [5.74, 6) is 0. The lowest BCUT2D eigenvalue weighted by Crippen LogP contribution is -2.22. The minimum Gasteiger partial charge on any atom is -0.391 e. The van der Waals surface area contributed by atoms with Crippen LogP contribution in [0.15, 0.2) is 30.3 Å². The van der Waals surface area contributed by atoms with Crippen molar-refractivity contribution in [3.05, 3.63) is 35.9 Å². The minimum atomic E-state index is -0.413. The van der Waals surface area contributed by atoms with Gasteiger partial charge in [0.15, 0.2) is 0 Å². The Kier molecular flexibility index (Phi) is 5.90. The van der Waals surface area contributed by atoms with E-state index in [1.54, 1.807) is 12.0 Å². The minimum absolute atomic E-state index is 0.125. The molecule has 1 unspecified atom stereocenters. The Labute approximate surface area is 125 Å². The third kappa shape index (κ3) is 5.44. The van der Waals surface area contributed by atoms with Gasteiger partial charge in [-0.15, -0.1) is 0 Å². The zero-order valence-electron chi connectivity index (χ0n) is 12.2. The van der Waals surface area contributed by atoms with Crippen LogP contribution in [-0.4, -0.2) is 28.7 Å². The van der Waals surface area contributed by atoms with E-state index in [0.29, 0.717) is 13.2 Å². The molecule has 0 heterocycles. The van der Waals surface area contributed by atoms with Gasteiger partial charge in [-0.25, -0.2) is 0 Å². The summed E-state index contributed by atoms with van der Waals surface area (Å²) in [7, 11) is 0. The first kappa shape index (κ1) is 15.8. The van der Waals surface area contributed by atoms with Gasteiger partial charge in [0.1, 0.15) is 0 Å². The maximum Gasteiger partial charge on any atom is 0.0787 e. The van der Waals surface area contributed by atoms with Gasteiger partial charge in [-0.2, -0.15) is 0 Å². The molecule has 0 aromatic heterocycles. The number of ether oxygens (including phenoxy) is 1. The van der Waals surface area contributed by atoms with Crippen LogP contribution >= 0.6 is 12.0 Å². The number of hydrogen-bond donors (Lipinski definition) is 1. The van der Waals surface area contributed by atoms with E-state index >= 15 is 0 Å². The summed E-state index contributed by atoms with van der Waals surface area (Å²) in [5.41, 5.74) is 1.14. The van der Waals surface area contributed by atoms with Gasteiger partial charge < -0.3 is 14.0 Å². The second kappa shape index (κ2) is 7.46. The zero-order valence-corrected chi connectivity index (χ0v) is 13.1. The Morgan fingerprint density at radius 2 is 1.95 bits per heavy atom. The fraction of sp³-hybridized carbons (Fsp3) is 0.625. The highest BCUT2D eigenvalue weighted by molar-refractivity contribution is 7.96. The van der Waals surface area contributed by atoms with Crippen molar-refractivity contribution in [1.82, 2.24) is 0 Å². The molecule has 1 aliphatic rings. The van der Waals surface area contributed by atoms with E-state index in [4.69, 9.17) is 8.92 Å². The van der Waals surface area contributed by atoms with Crippen molar-refractivity contribution < 1.29 is 14.0 Å². The predicted octanol–water partition coefficient (Wildman–Crippen LogP) is 3.56. The number of aliphatic hydroxyl groups is 1. The lowest BCUT2D eigenvalue weighted by Gasteiger charge is -2.19. The molecule has 4 heteroatoms. The van der Waals surface area contributed by atoms with Gasteiger partial charge in [0.25, 0.3) is 0 Å². The highest BCUT2D eigenvalue weighted by Gasteiger charge is 2.46. The van der Waals surface area contributed by atoms with Crippen LogP contribution in [0.3, 0.4) is 0 Å². The van der Waals surface area contributed by atoms with E-state index in [2.05, 4.69) is 0 Å². The molecule has 3 nitrogen and oxygen atoms in total. The van der Waals surface area contributed by atoms with Gasteiger partial charge in [-0.3, -0.25) is 0 Å². The third-order valence-corrected chi connectivity index (χ3v) is 4.66. The first-order valence-corrected chi connectivity index (χ1v) is 7.98. The maximum atomic E-state index is 10.1. The standard InChI is InChI=1S/C16H24O3S/c1-13(2)19-20-16(8-9-16)10-15(17)12-18-11-14-6-4-3-5-7-14/h3-7,13,15,17H,8-12H2,1-2H3. The van der Waals surface area contributed by atoms with E-state index in [-0.39, 0.29) is 10.9 Å². The van der Waals surface area contributed by atoms with Crippen molar-refractivity contribution in [3.63, 3.8) is 0 Å². The lowest BCUT2D eigenvalue weighted by atomic mass is 10.2. The topological polar surface area (TPSA) is 38.7 Å². The number of hydrogen-bond acceptors (Lipinski definition) is 4. The molecule has 0 bridgehead atoms. The number of benzene rings is 1. The molecule has 1 fully saturated rings. The second-order valence-corrected chi connectivity index (χ2v) is 7.00. The lowest BCUT2D eigenvalue weighted by molar-refractivity contribution is 0.0232. The first-order chi connectivity index (χ1) is 9.60. The highest BCUT2D eigenvalue weighted by Crippen LogP contribution is 2.52. The van der Waals surface area contributed by atoms with Gasteiger partial charge >= 0.3 is 0 Å². The van der Waals surface area contributed by atoms with Crippen LogP contribution in [0, 0.1) is 0 Å². The van der Waals surface area contributed by atoms with Crippen molar-refractivity contribution in [2.24, 2.45) is 0 Å². The second-order valence-electron chi connectivity index (χ2n) is 5.77. The first-order valence-electron chi connectivity index (χ1n) is 7.24. The molecule has 0 spiro atoms. The molecule has 1 aliphatic carbocycles. The average Bonchev–Trinajstić information content (AvgIpc) is 3.18. The van der Waals surface area contributed by atoms with Gasteiger partial charge in [0.2, 0.25) is 0 Å². The SMILES string of the molecule is CC(C)OSC1(CC(O)COCc2ccccc2)CC1. The predicted molar refractivity (Wildman–Crippen MR) is 82.5 cm³/mol. The molecule has 0 saturated heterocycles. The molecule has 2 rings (SSSR count). The molecule has 20 heavy (non-hydrogen) atoms. The van der Waals surface area contributed by atoms with Crippen molar-refractivity contribution in [2.45, 2.75) is 56.7 Å². The molecule has 1 saturated carbocycles. The average molecular weight is 296 g/mol. The number of rotatable bonds is 9. The summed E-state index contributed by atoms with van der Waals surface area (Å²) in [6.07, 6.45) is 2.81. The van der Waals surface area contributed by atoms with E-state index in [1.165, 1.54) is 0 Å². The van der Waals surface area contributed by atoms with Crippen LogP contribution in [0.4, 0.5) is 0 Å². The molecular formula is C16H24O3S. The van der Waals surface area contributed by atoms with E-state index in [0.717, 1.165) is 24.8 Å². The van der Waals surface area contributed by atoms with Crippen LogP contribution in [0.2, 0.25) is 0 Å². The monoisotopic (exact) mass is 296 g/mol. The quantitative estimate of drug-likeness (QED) is 0.707. The Balaban J connectivity index is 1.64. The molecule has 1 N–H and O–H groups in total. The fourth-order valence-corrected chi connectivity index (χ4v) is 2.96. The summed E-state index contributed by atoms with van der Waals surface area (Å²) in [6, 6.07) is 10.0. The molecule has 1 atom stereocenters. The van der Waals surface area contributed by atoms with Crippen molar-refractivity contribution in [1.29, 1.82) is 0 Å². The molecule has 1 aromatic rings. The summed E-state index contributed by atoms with van der Waals surface area (Å²) >= 11 is 1.54. The van der Waals surface area contributed by atoms with Gasteiger partial charge in [-0.1, -0.05) is 30.3 Å². The summed E-state index contributed by atoms with van der Waals surface area (Å²) in [6.45, 7) is 5.00. The van der Waals surface area contributed by atoms with Crippen LogP contribution < -0.4 is 0 Å². The van der Waals surface area contributed by atoms with Crippen molar-refractivity contribution in [2.75, 3.05) is 6.61 Å². The molecular weight excluding hydrogens is 272 g/mol. The van der Waals surface area contributed by atoms with Crippen LogP contribution in [0.1, 0.15) is 38.7 Å². The molecule has 112 valence electrons. The van der Waals surface area contributed by atoms with Crippen molar-refractivity contribution in [3.8, 4) is 0 Å². The summed E-state index contributed by atoms with van der Waals surface area (Å²) < 4.78 is 11.3. The Morgan fingerprint density at radius 3 is 2.55 bits per heavy atom. The van der Waals surface area contributed by atoms with Gasteiger partial charge in [0, 0.05) is 4.75 Å².